The fourth-order valence-electron chi connectivity index (χ4n) is 2.36. The number of aliphatic hydroxyl groups is 1. The third-order valence-corrected chi connectivity index (χ3v) is 3.53. The van der Waals surface area contributed by atoms with Crippen LogP contribution in [0, 0.1) is 5.92 Å². The van der Waals surface area contributed by atoms with E-state index < -0.39 is 0 Å². The van der Waals surface area contributed by atoms with Gasteiger partial charge in [0.2, 0.25) is 5.91 Å². The number of amides is 1. The van der Waals surface area contributed by atoms with Gasteiger partial charge in [-0.3, -0.25) is 4.79 Å². The lowest BCUT2D eigenvalue weighted by atomic mass is 9.88. The van der Waals surface area contributed by atoms with Crippen LogP contribution in [0.5, 0.6) is 0 Å². The summed E-state index contributed by atoms with van der Waals surface area (Å²) in [6, 6.07) is 0.296. The first-order chi connectivity index (χ1) is 8.20. The molecule has 5 heteroatoms. The van der Waals surface area contributed by atoms with Gasteiger partial charge in [-0.25, -0.2) is 0 Å². The van der Waals surface area contributed by atoms with Crippen molar-refractivity contribution in [2.75, 3.05) is 19.8 Å². The summed E-state index contributed by atoms with van der Waals surface area (Å²) in [5, 5.41) is 15.5. The minimum Gasteiger partial charge on any atom is -0.393 e. The fourth-order valence-corrected chi connectivity index (χ4v) is 2.36. The van der Waals surface area contributed by atoms with Crippen molar-refractivity contribution in [3.8, 4) is 0 Å². The van der Waals surface area contributed by atoms with Gasteiger partial charge in [-0.15, -0.1) is 0 Å². The molecular formula is C12H22N2O3. The molecule has 2 aliphatic rings. The Balaban J connectivity index is 1.77. The van der Waals surface area contributed by atoms with Crippen LogP contribution >= 0.6 is 0 Å². The highest BCUT2D eigenvalue weighted by molar-refractivity contribution is 5.80. The summed E-state index contributed by atoms with van der Waals surface area (Å²) in [7, 11) is 0. The molecule has 1 aliphatic heterocycles. The average molecular weight is 242 g/mol. The van der Waals surface area contributed by atoms with Crippen molar-refractivity contribution in [1.82, 2.24) is 10.6 Å². The first-order valence-corrected chi connectivity index (χ1v) is 6.50. The summed E-state index contributed by atoms with van der Waals surface area (Å²) < 4.78 is 5.37. The van der Waals surface area contributed by atoms with Gasteiger partial charge in [-0.2, -0.15) is 0 Å². The van der Waals surface area contributed by atoms with Crippen molar-refractivity contribution in [1.29, 1.82) is 0 Å². The Morgan fingerprint density at radius 2 is 2.18 bits per heavy atom. The molecule has 3 N–H and O–H groups in total. The Morgan fingerprint density at radius 1 is 1.41 bits per heavy atom. The number of carbonyl (C=O) groups excluding carboxylic acids is 1. The Morgan fingerprint density at radius 3 is 2.82 bits per heavy atom. The van der Waals surface area contributed by atoms with E-state index in [0.717, 1.165) is 13.0 Å². The molecule has 0 spiro atoms. The van der Waals surface area contributed by atoms with E-state index in [2.05, 4.69) is 17.6 Å². The van der Waals surface area contributed by atoms with Crippen molar-refractivity contribution in [3.05, 3.63) is 0 Å². The molecule has 0 aromatic heterocycles. The van der Waals surface area contributed by atoms with Crippen LogP contribution in [0.15, 0.2) is 0 Å². The molecule has 2 unspecified atom stereocenters. The van der Waals surface area contributed by atoms with E-state index in [1.807, 2.05) is 0 Å². The van der Waals surface area contributed by atoms with Gasteiger partial charge in [0.05, 0.1) is 25.2 Å². The third-order valence-electron chi connectivity index (χ3n) is 3.53. The molecule has 2 atom stereocenters. The van der Waals surface area contributed by atoms with Gasteiger partial charge in [0.25, 0.3) is 0 Å². The summed E-state index contributed by atoms with van der Waals surface area (Å²) >= 11 is 0. The predicted molar refractivity (Wildman–Crippen MR) is 63.6 cm³/mol. The normalized spacial score (nSPS) is 36.6. The largest absolute Gasteiger partial charge is 0.393 e. The molecule has 5 nitrogen and oxygen atoms in total. The first kappa shape index (κ1) is 12.8. The monoisotopic (exact) mass is 242 g/mol. The number of nitrogens with one attached hydrogen (secondary N) is 2. The van der Waals surface area contributed by atoms with Crippen LogP contribution in [-0.4, -0.2) is 49.0 Å². The van der Waals surface area contributed by atoms with Crippen LogP contribution in [0.25, 0.3) is 0 Å². The van der Waals surface area contributed by atoms with E-state index in [9.17, 15) is 9.90 Å². The lowest BCUT2D eigenvalue weighted by Gasteiger charge is -2.33. The smallest absolute Gasteiger partial charge is 0.227 e. The van der Waals surface area contributed by atoms with E-state index in [4.69, 9.17) is 4.74 Å². The molecule has 98 valence electrons. The minimum atomic E-state index is -0.228. The second-order valence-electron chi connectivity index (χ2n) is 5.04. The van der Waals surface area contributed by atoms with Crippen molar-refractivity contribution in [2.24, 2.45) is 5.92 Å². The molecule has 0 radical (unpaired) electrons. The summed E-state index contributed by atoms with van der Waals surface area (Å²) in [5.74, 6) is -0.0210. The maximum atomic E-state index is 12.0. The number of hydrogen-bond donors (Lipinski definition) is 3. The molecule has 1 heterocycles. The molecule has 2 fully saturated rings. The van der Waals surface area contributed by atoms with E-state index in [0.29, 0.717) is 26.1 Å². The summed E-state index contributed by atoms with van der Waals surface area (Å²) in [6.45, 7) is 4.14. The van der Waals surface area contributed by atoms with Gasteiger partial charge in [-0.05, 0) is 25.8 Å². The van der Waals surface area contributed by atoms with E-state index >= 15 is 0 Å². The van der Waals surface area contributed by atoms with Crippen LogP contribution in [0.3, 0.4) is 0 Å². The molecular weight excluding hydrogens is 220 g/mol. The molecule has 1 saturated heterocycles. The molecule has 1 amide bonds. The summed E-state index contributed by atoms with van der Waals surface area (Å²) in [5.41, 5.74) is 0. The van der Waals surface area contributed by atoms with Crippen molar-refractivity contribution >= 4 is 5.91 Å². The lowest BCUT2D eigenvalue weighted by Crippen LogP contribution is -2.51. The molecule has 17 heavy (non-hydrogen) atoms. The van der Waals surface area contributed by atoms with Crippen molar-refractivity contribution in [3.63, 3.8) is 0 Å². The Kier molecular flexibility index (Phi) is 4.36. The van der Waals surface area contributed by atoms with Gasteiger partial charge in [0, 0.05) is 12.1 Å². The maximum absolute atomic E-state index is 12.0. The Hall–Kier alpha value is -0.650. The van der Waals surface area contributed by atoms with Gasteiger partial charge < -0.3 is 20.5 Å². The van der Waals surface area contributed by atoms with Crippen LogP contribution in [0.2, 0.25) is 0 Å². The number of hydrogen-bond acceptors (Lipinski definition) is 4. The van der Waals surface area contributed by atoms with Crippen LogP contribution < -0.4 is 10.6 Å². The predicted octanol–water partition coefficient (Wildman–Crippen LogP) is -0.359. The van der Waals surface area contributed by atoms with E-state index in [1.165, 1.54) is 0 Å². The van der Waals surface area contributed by atoms with Crippen LogP contribution in [-0.2, 0) is 9.53 Å². The first-order valence-electron chi connectivity index (χ1n) is 6.50. The standard InChI is InChI=1S/C12H22N2O3/c1-2-3-13-11-7-17-6-10(11)12(16)14-8-4-9(15)5-8/h8-11,13,15H,2-7H2,1H3,(H,14,16). The third kappa shape index (κ3) is 3.18. The molecule has 1 saturated carbocycles. The second kappa shape index (κ2) is 5.80. The molecule has 0 aromatic rings. The zero-order valence-corrected chi connectivity index (χ0v) is 10.3. The van der Waals surface area contributed by atoms with E-state index in [1.54, 1.807) is 0 Å². The Labute approximate surface area is 102 Å². The summed E-state index contributed by atoms with van der Waals surface area (Å²) in [6.07, 6.45) is 2.20. The minimum absolute atomic E-state index is 0.0630. The second-order valence-corrected chi connectivity index (χ2v) is 5.04. The fraction of sp³-hybridized carbons (Fsp3) is 0.917. The Bertz CT molecular complexity index is 266. The quantitative estimate of drug-likeness (QED) is 0.616. The average Bonchev–Trinajstić information content (AvgIpc) is 2.72. The number of rotatable bonds is 5. The molecule has 2 rings (SSSR count). The highest BCUT2D eigenvalue weighted by Crippen LogP contribution is 2.21. The SMILES string of the molecule is CCCNC1COCC1C(=O)NC1CC(O)C1. The molecule has 0 aromatic carbocycles. The highest BCUT2D eigenvalue weighted by Gasteiger charge is 2.36. The van der Waals surface area contributed by atoms with Crippen LogP contribution in [0.4, 0.5) is 0 Å². The highest BCUT2D eigenvalue weighted by atomic mass is 16.5. The van der Waals surface area contributed by atoms with Crippen LogP contribution in [0.1, 0.15) is 26.2 Å². The van der Waals surface area contributed by atoms with Crippen molar-refractivity contribution in [2.45, 2.75) is 44.4 Å². The van der Waals surface area contributed by atoms with Gasteiger partial charge in [0.1, 0.15) is 0 Å². The number of ether oxygens (including phenoxy) is 1. The summed E-state index contributed by atoms with van der Waals surface area (Å²) in [4.78, 5) is 12.0. The van der Waals surface area contributed by atoms with Crippen molar-refractivity contribution < 1.29 is 14.6 Å². The topological polar surface area (TPSA) is 70.6 Å². The van der Waals surface area contributed by atoms with Gasteiger partial charge in [-0.1, -0.05) is 6.92 Å². The molecule has 1 aliphatic carbocycles. The molecule has 0 bridgehead atoms. The zero-order valence-electron chi connectivity index (χ0n) is 10.3. The zero-order chi connectivity index (χ0) is 12.3. The number of aliphatic hydroxyl groups excluding tert-OH is 1. The lowest BCUT2D eigenvalue weighted by molar-refractivity contribution is -0.127. The van der Waals surface area contributed by atoms with Gasteiger partial charge in [0.15, 0.2) is 0 Å². The maximum Gasteiger partial charge on any atom is 0.227 e. The number of carbonyl (C=O) groups is 1. The van der Waals surface area contributed by atoms with Gasteiger partial charge >= 0.3 is 0 Å². The van der Waals surface area contributed by atoms with E-state index in [-0.39, 0.29) is 30.0 Å².